The Morgan fingerprint density at radius 2 is 2.10 bits per heavy atom. The van der Waals surface area contributed by atoms with E-state index in [4.69, 9.17) is 4.74 Å². The molecule has 156 valence electrons. The summed E-state index contributed by atoms with van der Waals surface area (Å²) in [6, 6.07) is 14.1. The number of ether oxygens (including phenoxy) is 1. The van der Waals surface area contributed by atoms with E-state index in [1.165, 1.54) is 5.56 Å². The van der Waals surface area contributed by atoms with Crippen LogP contribution >= 0.6 is 0 Å². The van der Waals surface area contributed by atoms with Crippen molar-refractivity contribution in [1.82, 2.24) is 25.0 Å². The van der Waals surface area contributed by atoms with Crippen LogP contribution in [-0.4, -0.2) is 45.8 Å². The summed E-state index contributed by atoms with van der Waals surface area (Å²) >= 11 is 0. The number of pyridine rings is 1. The molecule has 7 heteroatoms. The quantitative estimate of drug-likeness (QED) is 0.505. The van der Waals surface area contributed by atoms with Gasteiger partial charge in [0.1, 0.15) is 6.61 Å². The van der Waals surface area contributed by atoms with Crippen LogP contribution in [0.2, 0.25) is 0 Å². The van der Waals surface area contributed by atoms with Crippen LogP contribution in [0.1, 0.15) is 29.0 Å². The van der Waals surface area contributed by atoms with Crippen molar-refractivity contribution in [2.45, 2.75) is 25.5 Å². The Balaban J connectivity index is 1.35. The molecule has 3 aromatic rings. The molecule has 1 fully saturated rings. The van der Waals surface area contributed by atoms with Crippen LogP contribution in [0.15, 0.2) is 66.0 Å². The van der Waals surface area contributed by atoms with Gasteiger partial charge in [-0.3, -0.25) is 9.67 Å². The van der Waals surface area contributed by atoms with Gasteiger partial charge in [0.25, 0.3) is 0 Å². The number of benzene rings is 1. The van der Waals surface area contributed by atoms with E-state index in [1.54, 1.807) is 6.20 Å². The van der Waals surface area contributed by atoms with Gasteiger partial charge in [-0.15, -0.1) is 0 Å². The first-order chi connectivity index (χ1) is 14.7. The van der Waals surface area contributed by atoms with Gasteiger partial charge in [0, 0.05) is 57.6 Å². The van der Waals surface area contributed by atoms with Crippen molar-refractivity contribution in [1.29, 1.82) is 0 Å². The minimum atomic E-state index is 0.486. The van der Waals surface area contributed by atoms with Crippen molar-refractivity contribution in [3.05, 3.63) is 77.7 Å². The first-order valence-electron chi connectivity index (χ1n) is 10.3. The van der Waals surface area contributed by atoms with Gasteiger partial charge in [-0.05, 0) is 23.6 Å². The largest absolute Gasteiger partial charge is 0.473 e. The molecule has 0 saturated carbocycles. The maximum atomic E-state index is 5.98. The Kier molecular flexibility index (Phi) is 6.27. The van der Waals surface area contributed by atoms with E-state index in [0.717, 1.165) is 36.6 Å². The van der Waals surface area contributed by atoms with Crippen molar-refractivity contribution in [3.8, 4) is 5.88 Å². The second-order valence-corrected chi connectivity index (χ2v) is 7.52. The average Bonchev–Trinajstić information content (AvgIpc) is 3.43. The van der Waals surface area contributed by atoms with Crippen molar-refractivity contribution in [3.63, 3.8) is 0 Å². The highest BCUT2D eigenvalue weighted by atomic mass is 16.5. The number of rotatable bonds is 6. The minimum absolute atomic E-state index is 0.486. The SMILES string of the molecule is CN=C(NCc1cccnc1OCc1ccccc1)N1CCC(c2cnn(C)c2)C1. The lowest BCUT2D eigenvalue weighted by molar-refractivity contribution is 0.290. The van der Waals surface area contributed by atoms with Crippen LogP contribution < -0.4 is 10.1 Å². The van der Waals surface area contributed by atoms with Crippen LogP contribution in [0.3, 0.4) is 0 Å². The standard InChI is InChI=1S/C23H28N6O/c1-24-23(29-12-10-20(16-29)21-14-27-28(2)15-21)26-13-19-9-6-11-25-22(19)30-17-18-7-4-3-5-8-18/h3-9,11,14-15,20H,10,12-13,16-17H2,1-2H3,(H,24,26). The number of guanidine groups is 1. The van der Waals surface area contributed by atoms with E-state index in [1.807, 2.05) is 55.3 Å². The van der Waals surface area contributed by atoms with E-state index >= 15 is 0 Å². The van der Waals surface area contributed by atoms with Gasteiger partial charge in [0.2, 0.25) is 5.88 Å². The molecular weight excluding hydrogens is 376 g/mol. The molecule has 0 spiro atoms. The van der Waals surface area contributed by atoms with Gasteiger partial charge in [0.15, 0.2) is 5.96 Å². The molecule has 4 rings (SSSR count). The van der Waals surface area contributed by atoms with E-state index in [2.05, 4.69) is 43.6 Å². The molecule has 3 heterocycles. The summed E-state index contributed by atoms with van der Waals surface area (Å²) in [7, 11) is 3.79. The lowest BCUT2D eigenvalue weighted by Crippen LogP contribution is -2.39. The molecule has 1 aliphatic heterocycles. The molecule has 1 aromatic carbocycles. The predicted octanol–water partition coefficient (Wildman–Crippen LogP) is 2.96. The highest BCUT2D eigenvalue weighted by Crippen LogP contribution is 2.26. The van der Waals surface area contributed by atoms with Crippen LogP contribution in [0.25, 0.3) is 0 Å². The Bertz CT molecular complexity index is 984. The molecular formula is C23H28N6O. The average molecular weight is 405 g/mol. The van der Waals surface area contributed by atoms with Crippen molar-refractivity contribution in [2.75, 3.05) is 20.1 Å². The normalized spacial score (nSPS) is 16.7. The Morgan fingerprint density at radius 3 is 2.87 bits per heavy atom. The number of nitrogens with zero attached hydrogens (tertiary/aromatic N) is 5. The third-order valence-electron chi connectivity index (χ3n) is 5.40. The van der Waals surface area contributed by atoms with Gasteiger partial charge in [-0.2, -0.15) is 5.10 Å². The second-order valence-electron chi connectivity index (χ2n) is 7.52. The molecule has 0 radical (unpaired) electrons. The zero-order chi connectivity index (χ0) is 20.8. The number of hydrogen-bond donors (Lipinski definition) is 1. The summed E-state index contributed by atoms with van der Waals surface area (Å²) in [4.78, 5) is 11.2. The first kappa shape index (κ1) is 19.9. The molecule has 2 aromatic heterocycles. The molecule has 1 aliphatic rings. The topological polar surface area (TPSA) is 67.6 Å². The lowest BCUT2D eigenvalue weighted by Gasteiger charge is -2.22. The zero-order valence-corrected chi connectivity index (χ0v) is 17.5. The molecule has 7 nitrogen and oxygen atoms in total. The Hall–Kier alpha value is -3.35. The van der Waals surface area contributed by atoms with Crippen LogP contribution in [0.4, 0.5) is 0 Å². The smallest absolute Gasteiger partial charge is 0.218 e. The van der Waals surface area contributed by atoms with Crippen molar-refractivity contribution in [2.24, 2.45) is 12.0 Å². The molecule has 1 unspecified atom stereocenters. The maximum Gasteiger partial charge on any atom is 0.218 e. The number of hydrogen-bond acceptors (Lipinski definition) is 4. The summed E-state index contributed by atoms with van der Waals surface area (Å²) in [5.74, 6) is 2.04. The van der Waals surface area contributed by atoms with E-state index in [-0.39, 0.29) is 0 Å². The van der Waals surface area contributed by atoms with E-state index in [0.29, 0.717) is 24.9 Å². The molecule has 0 bridgehead atoms. The summed E-state index contributed by atoms with van der Waals surface area (Å²) in [6.45, 7) is 3.02. The predicted molar refractivity (Wildman–Crippen MR) is 117 cm³/mol. The Morgan fingerprint density at radius 1 is 1.23 bits per heavy atom. The molecule has 0 amide bonds. The molecule has 1 atom stereocenters. The number of aryl methyl sites for hydroxylation is 1. The Labute approximate surface area is 177 Å². The maximum absolute atomic E-state index is 5.98. The number of likely N-dealkylation sites (tertiary alicyclic amines) is 1. The summed E-state index contributed by atoms with van der Waals surface area (Å²) in [6.07, 6.45) is 6.94. The zero-order valence-electron chi connectivity index (χ0n) is 17.5. The summed E-state index contributed by atoms with van der Waals surface area (Å²) < 4.78 is 7.84. The monoisotopic (exact) mass is 404 g/mol. The van der Waals surface area contributed by atoms with Crippen LogP contribution in [-0.2, 0) is 20.2 Å². The van der Waals surface area contributed by atoms with Gasteiger partial charge < -0.3 is 15.0 Å². The fraction of sp³-hybridized carbons (Fsp3) is 0.348. The fourth-order valence-electron chi connectivity index (χ4n) is 3.80. The van der Waals surface area contributed by atoms with Gasteiger partial charge in [0.05, 0.1) is 6.20 Å². The fourth-order valence-corrected chi connectivity index (χ4v) is 3.80. The third kappa shape index (κ3) is 4.79. The molecule has 1 N–H and O–H groups in total. The highest BCUT2D eigenvalue weighted by Gasteiger charge is 2.27. The molecule has 0 aliphatic carbocycles. The molecule has 30 heavy (non-hydrogen) atoms. The molecule has 1 saturated heterocycles. The van der Waals surface area contributed by atoms with Crippen molar-refractivity contribution < 1.29 is 4.74 Å². The summed E-state index contributed by atoms with van der Waals surface area (Å²) in [5.41, 5.74) is 3.42. The highest BCUT2D eigenvalue weighted by molar-refractivity contribution is 5.80. The van der Waals surface area contributed by atoms with Gasteiger partial charge >= 0.3 is 0 Å². The summed E-state index contributed by atoms with van der Waals surface area (Å²) in [5, 5.41) is 7.79. The number of aliphatic imine (C=N–C) groups is 1. The van der Waals surface area contributed by atoms with E-state index < -0.39 is 0 Å². The number of nitrogens with one attached hydrogen (secondary N) is 1. The lowest BCUT2D eigenvalue weighted by atomic mass is 10.0. The van der Waals surface area contributed by atoms with Crippen LogP contribution in [0, 0.1) is 0 Å². The van der Waals surface area contributed by atoms with Crippen molar-refractivity contribution >= 4 is 5.96 Å². The first-order valence-corrected chi connectivity index (χ1v) is 10.3. The van der Waals surface area contributed by atoms with Crippen LogP contribution in [0.5, 0.6) is 5.88 Å². The van der Waals surface area contributed by atoms with Gasteiger partial charge in [-0.25, -0.2) is 4.98 Å². The van der Waals surface area contributed by atoms with Gasteiger partial charge in [-0.1, -0.05) is 36.4 Å². The second kappa shape index (κ2) is 9.43. The number of aromatic nitrogens is 3. The van der Waals surface area contributed by atoms with E-state index in [9.17, 15) is 0 Å². The minimum Gasteiger partial charge on any atom is -0.473 e. The third-order valence-corrected chi connectivity index (χ3v) is 5.40.